The molecule has 4 rings (SSSR count). The Balaban J connectivity index is 1.63. The number of hydrogen-bond donors (Lipinski definition) is 0. The minimum Gasteiger partial charge on any atom is -0.368 e. The van der Waals surface area contributed by atoms with Gasteiger partial charge >= 0.3 is 6.18 Å². The molecule has 1 aliphatic heterocycles. The maximum Gasteiger partial charge on any atom is 0.416 e. The van der Waals surface area contributed by atoms with Gasteiger partial charge in [-0.2, -0.15) is 18.3 Å². The van der Waals surface area contributed by atoms with Crippen LogP contribution in [0.3, 0.4) is 0 Å². The van der Waals surface area contributed by atoms with Crippen molar-refractivity contribution >= 4 is 5.91 Å². The minimum absolute atomic E-state index is 0.102. The average molecular weight is 445 g/mol. The van der Waals surface area contributed by atoms with Gasteiger partial charge < -0.3 is 9.64 Å². The fourth-order valence-corrected chi connectivity index (χ4v) is 3.43. The summed E-state index contributed by atoms with van der Waals surface area (Å²) in [5.41, 5.74) is -0.212. The van der Waals surface area contributed by atoms with Crippen molar-refractivity contribution in [2.75, 3.05) is 19.7 Å². The molecule has 32 heavy (non-hydrogen) atoms. The maximum absolute atomic E-state index is 13.2. The molecule has 2 aromatic heterocycles. The van der Waals surface area contributed by atoms with Crippen molar-refractivity contribution in [3.05, 3.63) is 76.1 Å². The zero-order valence-corrected chi connectivity index (χ0v) is 16.9. The van der Waals surface area contributed by atoms with Crippen molar-refractivity contribution in [1.29, 1.82) is 0 Å². The van der Waals surface area contributed by atoms with Gasteiger partial charge in [-0.25, -0.2) is 4.68 Å². The van der Waals surface area contributed by atoms with Crippen LogP contribution in [0.2, 0.25) is 0 Å². The predicted octanol–water partition coefficient (Wildman–Crippen LogP) is 2.47. The van der Waals surface area contributed by atoms with Gasteiger partial charge in [0.2, 0.25) is 0 Å². The van der Waals surface area contributed by atoms with Gasteiger partial charge in [0.25, 0.3) is 11.5 Å². The number of alkyl halides is 3. The van der Waals surface area contributed by atoms with Gasteiger partial charge in [0.1, 0.15) is 11.8 Å². The van der Waals surface area contributed by atoms with Gasteiger partial charge in [0.15, 0.2) is 0 Å². The lowest BCUT2D eigenvalue weighted by Crippen LogP contribution is -2.43. The Hall–Kier alpha value is -3.60. The van der Waals surface area contributed by atoms with E-state index in [0.29, 0.717) is 12.2 Å². The number of rotatable bonds is 3. The summed E-state index contributed by atoms with van der Waals surface area (Å²) in [6, 6.07) is 7.42. The lowest BCUT2D eigenvalue weighted by molar-refractivity contribution is -0.137. The molecule has 3 aromatic rings. The van der Waals surface area contributed by atoms with Crippen molar-refractivity contribution in [2.24, 2.45) is 7.05 Å². The summed E-state index contributed by atoms with van der Waals surface area (Å²) in [7, 11) is 1.45. The second-order valence-electron chi connectivity index (χ2n) is 7.16. The third kappa shape index (κ3) is 4.37. The summed E-state index contributed by atoms with van der Waals surface area (Å²) >= 11 is 0. The number of halogens is 3. The highest BCUT2D eigenvalue weighted by Crippen LogP contribution is 2.34. The summed E-state index contributed by atoms with van der Waals surface area (Å²) in [6.45, 7) is 0.591. The second kappa shape index (κ2) is 8.50. The fraction of sp³-hybridized carbons (Fsp3) is 0.286. The molecule has 0 spiro atoms. The first-order valence-electron chi connectivity index (χ1n) is 9.68. The second-order valence-corrected chi connectivity index (χ2v) is 7.16. The van der Waals surface area contributed by atoms with Crippen LogP contribution in [0.25, 0.3) is 11.3 Å². The van der Waals surface area contributed by atoms with Gasteiger partial charge in [0, 0.05) is 37.6 Å². The molecule has 1 fully saturated rings. The van der Waals surface area contributed by atoms with E-state index in [9.17, 15) is 22.8 Å². The summed E-state index contributed by atoms with van der Waals surface area (Å²) in [5, 5.41) is 3.98. The Morgan fingerprint density at radius 2 is 1.94 bits per heavy atom. The van der Waals surface area contributed by atoms with Crippen LogP contribution in [0.5, 0.6) is 0 Å². The number of hydrogen-bond acceptors (Lipinski definition) is 6. The molecule has 8 nitrogen and oxygen atoms in total. The molecule has 3 heterocycles. The lowest BCUT2D eigenvalue weighted by atomic mass is 10.0. The highest BCUT2D eigenvalue weighted by atomic mass is 19.4. The molecule has 1 aromatic carbocycles. The third-order valence-electron chi connectivity index (χ3n) is 5.03. The normalized spacial score (nSPS) is 16.8. The zero-order chi connectivity index (χ0) is 22.9. The smallest absolute Gasteiger partial charge is 0.368 e. The van der Waals surface area contributed by atoms with E-state index < -0.39 is 23.8 Å². The Labute approximate surface area is 180 Å². The van der Waals surface area contributed by atoms with E-state index in [-0.39, 0.29) is 35.7 Å². The first-order valence-corrected chi connectivity index (χ1v) is 9.68. The summed E-state index contributed by atoms with van der Waals surface area (Å²) in [4.78, 5) is 34.5. The highest BCUT2D eigenvalue weighted by molar-refractivity contribution is 5.92. The monoisotopic (exact) mass is 445 g/mol. The molecular formula is C21H18F3N5O3. The van der Waals surface area contributed by atoms with Crippen molar-refractivity contribution in [1.82, 2.24) is 24.6 Å². The summed E-state index contributed by atoms with van der Waals surface area (Å²) in [6.07, 6.45) is -2.38. The Bertz CT molecular complexity index is 1210. The Kier molecular flexibility index (Phi) is 5.74. The lowest BCUT2D eigenvalue weighted by Gasteiger charge is -2.33. The topological polar surface area (TPSA) is 90.2 Å². The number of aromatic nitrogens is 4. The maximum atomic E-state index is 13.2. The van der Waals surface area contributed by atoms with E-state index in [4.69, 9.17) is 4.74 Å². The number of morpholine rings is 1. The molecule has 1 saturated heterocycles. The predicted molar refractivity (Wildman–Crippen MR) is 107 cm³/mol. The molecule has 0 radical (unpaired) electrons. The first kappa shape index (κ1) is 21.6. The number of amides is 1. The van der Waals surface area contributed by atoms with E-state index in [1.807, 2.05) is 0 Å². The SMILES string of the molecule is Cn1nc(C(=O)N2CCO[C@@H](c3nccnc3-c3cccc(C(F)(F)F)c3)C2)ccc1=O. The molecule has 1 atom stereocenters. The largest absolute Gasteiger partial charge is 0.416 e. The van der Waals surface area contributed by atoms with Gasteiger partial charge in [-0.3, -0.25) is 19.6 Å². The quantitative estimate of drug-likeness (QED) is 0.615. The van der Waals surface area contributed by atoms with Gasteiger partial charge in [0.05, 0.1) is 30.1 Å². The van der Waals surface area contributed by atoms with Gasteiger partial charge in [-0.15, -0.1) is 0 Å². The van der Waals surface area contributed by atoms with Crippen molar-refractivity contribution < 1.29 is 22.7 Å². The van der Waals surface area contributed by atoms with E-state index >= 15 is 0 Å². The molecule has 11 heteroatoms. The number of carbonyl (C=O) groups excluding carboxylic acids is 1. The molecule has 0 N–H and O–H groups in total. The summed E-state index contributed by atoms with van der Waals surface area (Å²) in [5.74, 6) is -0.390. The van der Waals surface area contributed by atoms with Gasteiger partial charge in [-0.1, -0.05) is 12.1 Å². The average Bonchev–Trinajstić information content (AvgIpc) is 2.80. The number of aryl methyl sites for hydroxylation is 1. The highest BCUT2D eigenvalue weighted by Gasteiger charge is 2.32. The van der Waals surface area contributed by atoms with Gasteiger partial charge in [-0.05, 0) is 18.2 Å². The third-order valence-corrected chi connectivity index (χ3v) is 5.03. The number of nitrogens with zero attached hydrogens (tertiary/aromatic N) is 5. The number of carbonyl (C=O) groups is 1. The molecule has 0 saturated carbocycles. The molecule has 166 valence electrons. The van der Waals surface area contributed by atoms with E-state index in [2.05, 4.69) is 15.1 Å². The van der Waals surface area contributed by atoms with Crippen LogP contribution >= 0.6 is 0 Å². The van der Waals surface area contributed by atoms with Crippen molar-refractivity contribution in [3.63, 3.8) is 0 Å². The van der Waals surface area contributed by atoms with Crippen LogP contribution in [-0.2, 0) is 18.0 Å². The molecular weight excluding hydrogens is 427 g/mol. The minimum atomic E-state index is -4.49. The molecule has 0 aliphatic carbocycles. The van der Waals surface area contributed by atoms with E-state index in [0.717, 1.165) is 16.8 Å². The van der Waals surface area contributed by atoms with Crippen LogP contribution < -0.4 is 5.56 Å². The van der Waals surface area contributed by atoms with E-state index in [1.165, 1.54) is 48.6 Å². The zero-order valence-electron chi connectivity index (χ0n) is 16.9. The standard InChI is InChI=1S/C21H18F3N5O3/c1-28-17(30)6-5-15(27-28)20(31)29-9-10-32-16(12-29)19-18(25-7-8-26-19)13-3-2-4-14(11-13)21(22,23)24/h2-8,11,16H,9-10,12H2,1H3/t16-/m1/s1. The number of benzene rings is 1. The molecule has 1 aliphatic rings. The molecule has 0 unspecified atom stereocenters. The van der Waals surface area contributed by atoms with E-state index in [1.54, 1.807) is 0 Å². The Morgan fingerprint density at radius 3 is 2.69 bits per heavy atom. The van der Waals surface area contributed by atoms with Crippen molar-refractivity contribution in [3.8, 4) is 11.3 Å². The van der Waals surface area contributed by atoms with Crippen LogP contribution in [-0.4, -0.2) is 50.3 Å². The van der Waals surface area contributed by atoms with Crippen molar-refractivity contribution in [2.45, 2.75) is 12.3 Å². The Morgan fingerprint density at radius 1 is 1.16 bits per heavy atom. The van der Waals surface area contributed by atoms with Crippen LogP contribution in [0, 0.1) is 0 Å². The molecule has 0 bridgehead atoms. The van der Waals surface area contributed by atoms with Crippen LogP contribution in [0.15, 0.2) is 53.6 Å². The summed E-state index contributed by atoms with van der Waals surface area (Å²) < 4.78 is 46.3. The van der Waals surface area contributed by atoms with Crippen LogP contribution in [0.1, 0.15) is 27.8 Å². The fourth-order valence-electron chi connectivity index (χ4n) is 3.43. The van der Waals surface area contributed by atoms with Crippen LogP contribution in [0.4, 0.5) is 13.2 Å². The number of ether oxygens (including phenoxy) is 1. The molecule has 1 amide bonds. The first-order chi connectivity index (χ1) is 15.2.